The number of ether oxygens (including phenoxy) is 3. The molecule has 0 unspecified atom stereocenters. The molecule has 0 radical (unpaired) electrons. The maximum Gasteiger partial charge on any atom is 0.310 e. The first-order valence-corrected chi connectivity index (χ1v) is 11.9. The second kappa shape index (κ2) is 11.3. The molecule has 1 aliphatic carbocycles. The number of benzene rings is 1. The smallest absolute Gasteiger partial charge is 0.310 e. The van der Waals surface area contributed by atoms with Crippen LogP contribution in [0.3, 0.4) is 0 Å². The predicted octanol–water partition coefficient (Wildman–Crippen LogP) is 3.93. The van der Waals surface area contributed by atoms with Gasteiger partial charge in [0.2, 0.25) is 5.91 Å². The molecule has 1 aromatic rings. The molecule has 1 heterocycles. The van der Waals surface area contributed by atoms with Gasteiger partial charge < -0.3 is 19.1 Å². The number of hydrogen-bond donors (Lipinski definition) is 0. The number of unbranched alkanes of at least 4 members (excludes halogenated alkanes) is 1. The number of methoxy groups -OCH3 is 1. The molecule has 180 valence electrons. The summed E-state index contributed by atoms with van der Waals surface area (Å²) in [5.74, 6) is -2.41. The molecule has 7 heteroatoms. The van der Waals surface area contributed by atoms with Crippen LogP contribution in [0.5, 0.6) is 5.75 Å². The van der Waals surface area contributed by atoms with Crippen molar-refractivity contribution >= 4 is 17.8 Å². The van der Waals surface area contributed by atoms with Gasteiger partial charge in [0.1, 0.15) is 5.75 Å². The van der Waals surface area contributed by atoms with Crippen molar-refractivity contribution in [2.45, 2.75) is 46.1 Å². The molecule has 0 spiro atoms. The largest absolute Gasteiger partial charge is 0.497 e. The van der Waals surface area contributed by atoms with Crippen LogP contribution in [-0.2, 0) is 23.9 Å². The van der Waals surface area contributed by atoms with Crippen molar-refractivity contribution < 1.29 is 28.6 Å². The standard InChI is InChI=1S/C26H35NO6/c1-5-8-16-27-23(17-12-14-18(31-4)15-13-17)22(24(27)28)19-10-9-11-20(25(29)32-6-2)21(19)26(30)33-7-3/h9-10,12-15,19-23H,5-8,11,16H2,1-4H3/t19-,20+,21+,22+,23-/m0/s1. The first-order valence-electron chi connectivity index (χ1n) is 11.9. The van der Waals surface area contributed by atoms with Gasteiger partial charge in [0, 0.05) is 12.5 Å². The Morgan fingerprint density at radius 2 is 1.70 bits per heavy atom. The van der Waals surface area contributed by atoms with Gasteiger partial charge in [-0.05, 0) is 44.4 Å². The lowest BCUT2D eigenvalue weighted by molar-refractivity contribution is -0.172. The molecule has 33 heavy (non-hydrogen) atoms. The van der Waals surface area contributed by atoms with Gasteiger partial charge in [0.15, 0.2) is 0 Å². The zero-order chi connectivity index (χ0) is 24.0. The minimum absolute atomic E-state index is 0.0118. The van der Waals surface area contributed by atoms with Crippen LogP contribution in [0.2, 0.25) is 0 Å². The van der Waals surface area contributed by atoms with Crippen molar-refractivity contribution in [1.29, 1.82) is 0 Å². The van der Waals surface area contributed by atoms with E-state index in [-0.39, 0.29) is 25.2 Å². The maximum absolute atomic E-state index is 13.4. The van der Waals surface area contributed by atoms with Crippen LogP contribution in [0, 0.1) is 23.7 Å². The highest BCUT2D eigenvalue weighted by Gasteiger charge is 2.56. The number of allylic oxidation sites excluding steroid dienone is 2. The minimum atomic E-state index is -0.753. The third-order valence-corrected chi connectivity index (χ3v) is 6.61. The summed E-state index contributed by atoms with van der Waals surface area (Å²) < 4.78 is 15.9. The highest BCUT2D eigenvalue weighted by Crippen LogP contribution is 2.50. The SMILES string of the molecule is CCCCN1C(=O)[C@H]([C@H]2C=CC[C@@H](C(=O)OCC)[C@@H]2C(=O)OCC)[C@@H]1c1ccc(OC)cc1. The van der Waals surface area contributed by atoms with Crippen LogP contribution < -0.4 is 4.74 Å². The molecule has 7 nitrogen and oxygen atoms in total. The monoisotopic (exact) mass is 457 g/mol. The maximum atomic E-state index is 13.4. The van der Waals surface area contributed by atoms with E-state index in [0.717, 1.165) is 24.2 Å². The molecule has 2 aliphatic rings. The number of carbonyl (C=O) groups is 3. The molecule has 5 atom stereocenters. The Morgan fingerprint density at radius 1 is 1.03 bits per heavy atom. The number of carbonyl (C=O) groups excluding carboxylic acids is 3. The molecule has 1 saturated heterocycles. The predicted molar refractivity (Wildman–Crippen MR) is 123 cm³/mol. The highest BCUT2D eigenvalue weighted by molar-refractivity contribution is 5.89. The molecular weight excluding hydrogens is 422 g/mol. The molecule has 0 aromatic heterocycles. The van der Waals surface area contributed by atoms with Crippen molar-refractivity contribution in [1.82, 2.24) is 4.90 Å². The lowest BCUT2D eigenvalue weighted by atomic mass is 9.64. The number of likely N-dealkylation sites (tertiary alicyclic amines) is 1. The molecule has 1 amide bonds. The average Bonchev–Trinajstić information content (AvgIpc) is 2.82. The van der Waals surface area contributed by atoms with E-state index in [9.17, 15) is 14.4 Å². The normalized spacial score (nSPS) is 26.5. The van der Waals surface area contributed by atoms with Crippen molar-refractivity contribution in [2.75, 3.05) is 26.9 Å². The number of esters is 2. The van der Waals surface area contributed by atoms with Gasteiger partial charge >= 0.3 is 11.9 Å². The minimum Gasteiger partial charge on any atom is -0.497 e. The van der Waals surface area contributed by atoms with Gasteiger partial charge in [-0.3, -0.25) is 14.4 Å². The highest BCUT2D eigenvalue weighted by atomic mass is 16.5. The number of nitrogens with zero attached hydrogens (tertiary/aromatic N) is 1. The fraction of sp³-hybridized carbons (Fsp3) is 0.577. The zero-order valence-electron chi connectivity index (χ0n) is 20.0. The third kappa shape index (κ3) is 5.07. The van der Waals surface area contributed by atoms with Crippen LogP contribution in [0.25, 0.3) is 0 Å². The Hall–Kier alpha value is -2.83. The van der Waals surface area contributed by atoms with E-state index in [4.69, 9.17) is 14.2 Å². The summed E-state index contributed by atoms with van der Waals surface area (Å²) in [6.07, 6.45) is 6.09. The van der Waals surface area contributed by atoms with Gasteiger partial charge in [0.25, 0.3) is 0 Å². The van der Waals surface area contributed by atoms with E-state index in [2.05, 4.69) is 6.92 Å². The summed E-state index contributed by atoms with van der Waals surface area (Å²) in [5, 5.41) is 0. The summed E-state index contributed by atoms with van der Waals surface area (Å²) in [5.41, 5.74) is 0.991. The lowest BCUT2D eigenvalue weighted by Crippen LogP contribution is -2.60. The quantitative estimate of drug-likeness (QED) is 0.301. The first kappa shape index (κ1) is 24.8. The molecule has 1 aliphatic heterocycles. The molecule has 0 N–H and O–H groups in total. The lowest BCUT2D eigenvalue weighted by Gasteiger charge is -2.52. The Bertz CT molecular complexity index is 864. The summed E-state index contributed by atoms with van der Waals surface area (Å²) in [6, 6.07) is 7.53. The Kier molecular flexibility index (Phi) is 8.53. The second-order valence-corrected chi connectivity index (χ2v) is 8.51. The summed E-state index contributed by atoms with van der Waals surface area (Å²) in [6.45, 7) is 6.69. The second-order valence-electron chi connectivity index (χ2n) is 8.51. The number of β-lactam (4-membered cyclic amide) rings is 1. The topological polar surface area (TPSA) is 82.1 Å². The van der Waals surface area contributed by atoms with E-state index in [1.807, 2.05) is 41.3 Å². The van der Waals surface area contributed by atoms with Gasteiger partial charge in [-0.2, -0.15) is 0 Å². The van der Waals surface area contributed by atoms with Gasteiger partial charge in [-0.15, -0.1) is 0 Å². The Morgan fingerprint density at radius 3 is 2.30 bits per heavy atom. The van der Waals surface area contributed by atoms with Crippen LogP contribution in [-0.4, -0.2) is 49.6 Å². The molecule has 0 saturated carbocycles. The Balaban J connectivity index is 1.98. The van der Waals surface area contributed by atoms with Crippen molar-refractivity contribution in [3.63, 3.8) is 0 Å². The summed E-state index contributed by atoms with van der Waals surface area (Å²) in [7, 11) is 1.62. The third-order valence-electron chi connectivity index (χ3n) is 6.61. The van der Waals surface area contributed by atoms with E-state index in [0.29, 0.717) is 13.0 Å². The average molecular weight is 458 g/mol. The first-order chi connectivity index (χ1) is 16.0. The van der Waals surface area contributed by atoms with E-state index in [1.165, 1.54) is 0 Å². The van der Waals surface area contributed by atoms with Crippen molar-refractivity contribution in [3.05, 3.63) is 42.0 Å². The van der Waals surface area contributed by atoms with E-state index < -0.39 is 35.6 Å². The molecule has 1 aromatic carbocycles. The molecule has 3 rings (SSSR count). The zero-order valence-corrected chi connectivity index (χ0v) is 20.0. The number of amides is 1. The van der Waals surface area contributed by atoms with Crippen molar-refractivity contribution in [2.24, 2.45) is 23.7 Å². The van der Waals surface area contributed by atoms with Crippen LogP contribution in [0.15, 0.2) is 36.4 Å². The molecular formula is C26H35NO6. The molecule has 0 bridgehead atoms. The van der Waals surface area contributed by atoms with Crippen LogP contribution >= 0.6 is 0 Å². The molecule has 1 fully saturated rings. The summed E-state index contributed by atoms with van der Waals surface area (Å²) in [4.78, 5) is 41.1. The van der Waals surface area contributed by atoms with Crippen LogP contribution in [0.4, 0.5) is 0 Å². The summed E-state index contributed by atoms with van der Waals surface area (Å²) >= 11 is 0. The Labute approximate surface area is 196 Å². The number of hydrogen-bond acceptors (Lipinski definition) is 6. The number of rotatable bonds is 10. The van der Waals surface area contributed by atoms with E-state index in [1.54, 1.807) is 21.0 Å². The van der Waals surface area contributed by atoms with Gasteiger partial charge in [0.05, 0.1) is 44.1 Å². The fourth-order valence-corrected chi connectivity index (χ4v) is 5.03. The van der Waals surface area contributed by atoms with E-state index >= 15 is 0 Å². The van der Waals surface area contributed by atoms with Gasteiger partial charge in [-0.1, -0.05) is 37.6 Å². The van der Waals surface area contributed by atoms with Crippen LogP contribution in [0.1, 0.15) is 51.6 Å². The van der Waals surface area contributed by atoms with Gasteiger partial charge in [-0.25, -0.2) is 0 Å². The van der Waals surface area contributed by atoms with Crippen molar-refractivity contribution in [3.8, 4) is 5.75 Å². The fourth-order valence-electron chi connectivity index (χ4n) is 5.03.